The minimum Gasteiger partial charge on any atom is -0.466 e. The maximum Gasteiger partial charge on any atom is 0.330 e. The van der Waals surface area contributed by atoms with Crippen LogP contribution < -0.4 is 0 Å². The van der Waals surface area contributed by atoms with Crippen LogP contribution in [0, 0.1) is 6.92 Å². The topological polar surface area (TPSA) is 26.3 Å². The van der Waals surface area contributed by atoms with Gasteiger partial charge in [-0.3, -0.25) is 0 Å². The zero-order chi connectivity index (χ0) is 8.97. The third kappa shape index (κ3) is 2.20. The van der Waals surface area contributed by atoms with Crippen LogP contribution in [0.3, 0.4) is 0 Å². The van der Waals surface area contributed by atoms with Gasteiger partial charge in [0.25, 0.3) is 0 Å². The van der Waals surface area contributed by atoms with E-state index >= 15 is 0 Å². The van der Waals surface area contributed by atoms with Crippen molar-refractivity contribution in [2.75, 3.05) is 7.11 Å². The highest BCUT2D eigenvalue weighted by atomic mass is 32.1. The maximum atomic E-state index is 10.7. The van der Waals surface area contributed by atoms with Gasteiger partial charge < -0.3 is 4.74 Å². The Balaban J connectivity index is 2.69. The van der Waals surface area contributed by atoms with Crippen LogP contribution in [0.1, 0.15) is 10.4 Å². The van der Waals surface area contributed by atoms with E-state index in [9.17, 15) is 4.79 Å². The van der Waals surface area contributed by atoms with Crippen LogP contribution in [0.5, 0.6) is 0 Å². The highest BCUT2D eigenvalue weighted by Crippen LogP contribution is 2.16. The summed E-state index contributed by atoms with van der Waals surface area (Å²) in [5.74, 6) is -0.317. The van der Waals surface area contributed by atoms with Crippen molar-refractivity contribution in [3.8, 4) is 0 Å². The molecule has 64 valence electrons. The number of carbonyl (C=O) groups excluding carboxylic acids is 1. The van der Waals surface area contributed by atoms with E-state index in [2.05, 4.69) is 4.74 Å². The van der Waals surface area contributed by atoms with Crippen molar-refractivity contribution in [3.63, 3.8) is 0 Å². The summed E-state index contributed by atoms with van der Waals surface area (Å²) in [7, 11) is 1.37. The summed E-state index contributed by atoms with van der Waals surface area (Å²) < 4.78 is 4.47. The average Bonchev–Trinajstić information content (AvgIpc) is 2.47. The Morgan fingerprint density at radius 1 is 1.67 bits per heavy atom. The van der Waals surface area contributed by atoms with E-state index in [1.54, 1.807) is 17.4 Å². The van der Waals surface area contributed by atoms with Crippen LogP contribution in [-0.2, 0) is 9.53 Å². The van der Waals surface area contributed by atoms with Gasteiger partial charge in [0, 0.05) is 11.0 Å². The lowest BCUT2D eigenvalue weighted by atomic mass is 10.3. The van der Waals surface area contributed by atoms with Gasteiger partial charge in [-0.2, -0.15) is 0 Å². The SMILES string of the molecule is COC(=O)C=Cc1sccc1C. The first-order valence-corrected chi connectivity index (χ1v) is 4.42. The van der Waals surface area contributed by atoms with Crippen LogP contribution in [0.15, 0.2) is 17.5 Å². The Bertz CT molecular complexity index is 299. The van der Waals surface area contributed by atoms with Gasteiger partial charge in [-0.15, -0.1) is 11.3 Å². The Labute approximate surface area is 75.5 Å². The first kappa shape index (κ1) is 9.00. The molecule has 0 unspecified atom stereocenters. The van der Waals surface area contributed by atoms with E-state index in [1.807, 2.05) is 18.4 Å². The van der Waals surface area contributed by atoms with Crippen molar-refractivity contribution in [2.24, 2.45) is 0 Å². The molecule has 0 saturated heterocycles. The predicted octanol–water partition coefficient (Wildman–Crippen LogP) is 2.24. The zero-order valence-corrected chi connectivity index (χ0v) is 7.85. The number of esters is 1. The fraction of sp³-hybridized carbons (Fsp3) is 0.222. The summed E-state index contributed by atoms with van der Waals surface area (Å²) >= 11 is 1.61. The summed E-state index contributed by atoms with van der Waals surface area (Å²) in [6, 6.07) is 2.02. The molecule has 1 aromatic rings. The molecule has 2 nitrogen and oxygen atoms in total. The molecule has 0 amide bonds. The molecule has 0 saturated carbocycles. The van der Waals surface area contributed by atoms with E-state index < -0.39 is 0 Å². The molecular formula is C9H10O2S. The predicted molar refractivity (Wildman–Crippen MR) is 50.1 cm³/mol. The van der Waals surface area contributed by atoms with Crippen LogP contribution in [0.25, 0.3) is 6.08 Å². The van der Waals surface area contributed by atoms with E-state index in [-0.39, 0.29) is 5.97 Å². The average molecular weight is 182 g/mol. The van der Waals surface area contributed by atoms with E-state index in [4.69, 9.17) is 0 Å². The van der Waals surface area contributed by atoms with Crippen molar-refractivity contribution in [1.29, 1.82) is 0 Å². The second-order valence-corrected chi connectivity index (χ2v) is 3.27. The van der Waals surface area contributed by atoms with Gasteiger partial charge in [0.05, 0.1) is 7.11 Å². The summed E-state index contributed by atoms with van der Waals surface area (Å²) in [6.45, 7) is 2.01. The second kappa shape index (κ2) is 4.07. The van der Waals surface area contributed by atoms with Gasteiger partial charge in [0.1, 0.15) is 0 Å². The fourth-order valence-electron chi connectivity index (χ4n) is 0.767. The number of ether oxygens (including phenoxy) is 1. The molecule has 0 spiro atoms. The Morgan fingerprint density at radius 3 is 2.92 bits per heavy atom. The summed E-state index contributed by atoms with van der Waals surface area (Å²) in [5, 5.41) is 1.99. The minimum atomic E-state index is -0.317. The summed E-state index contributed by atoms with van der Waals surface area (Å²) in [4.78, 5) is 11.8. The van der Waals surface area contributed by atoms with Crippen LogP contribution in [-0.4, -0.2) is 13.1 Å². The molecule has 12 heavy (non-hydrogen) atoms. The highest BCUT2D eigenvalue weighted by molar-refractivity contribution is 7.11. The van der Waals surface area contributed by atoms with Crippen molar-refractivity contribution in [3.05, 3.63) is 28.0 Å². The normalized spacial score (nSPS) is 10.5. The lowest BCUT2D eigenvalue weighted by Crippen LogP contribution is -1.92. The number of hydrogen-bond acceptors (Lipinski definition) is 3. The third-order valence-electron chi connectivity index (χ3n) is 1.47. The van der Waals surface area contributed by atoms with Crippen LogP contribution in [0.2, 0.25) is 0 Å². The Hall–Kier alpha value is -1.09. The second-order valence-electron chi connectivity index (χ2n) is 2.32. The number of thiophene rings is 1. The fourth-order valence-corrected chi connectivity index (χ4v) is 1.59. The van der Waals surface area contributed by atoms with Crippen molar-refractivity contribution in [2.45, 2.75) is 6.92 Å². The van der Waals surface area contributed by atoms with Crippen molar-refractivity contribution >= 4 is 23.4 Å². The molecule has 3 heteroatoms. The van der Waals surface area contributed by atoms with E-state index in [0.29, 0.717) is 0 Å². The number of aryl methyl sites for hydroxylation is 1. The highest BCUT2D eigenvalue weighted by Gasteiger charge is 1.95. The van der Waals surface area contributed by atoms with Crippen molar-refractivity contribution < 1.29 is 9.53 Å². The number of methoxy groups -OCH3 is 1. The first-order valence-electron chi connectivity index (χ1n) is 3.54. The Morgan fingerprint density at radius 2 is 2.42 bits per heavy atom. The lowest BCUT2D eigenvalue weighted by molar-refractivity contribution is -0.134. The summed E-state index contributed by atoms with van der Waals surface area (Å²) in [6.07, 6.45) is 3.20. The van der Waals surface area contributed by atoms with E-state index in [1.165, 1.54) is 18.7 Å². The number of hydrogen-bond donors (Lipinski definition) is 0. The van der Waals surface area contributed by atoms with E-state index in [0.717, 1.165) is 4.88 Å². The molecular weight excluding hydrogens is 172 g/mol. The standard InChI is InChI=1S/C9H10O2S/c1-7-5-6-12-8(7)3-4-9(10)11-2/h3-6H,1-2H3. The monoisotopic (exact) mass is 182 g/mol. The third-order valence-corrected chi connectivity index (χ3v) is 2.46. The lowest BCUT2D eigenvalue weighted by Gasteiger charge is -1.90. The smallest absolute Gasteiger partial charge is 0.330 e. The molecule has 1 heterocycles. The molecule has 0 bridgehead atoms. The van der Waals surface area contributed by atoms with Crippen LogP contribution >= 0.6 is 11.3 Å². The molecule has 1 rings (SSSR count). The van der Waals surface area contributed by atoms with Gasteiger partial charge in [-0.25, -0.2) is 4.79 Å². The van der Waals surface area contributed by atoms with Gasteiger partial charge in [0.2, 0.25) is 0 Å². The Kier molecular flexibility index (Phi) is 3.05. The molecule has 0 fully saturated rings. The molecule has 0 radical (unpaired) electrons. The van der Waals surface area contributed by atoms with Gasteiger partial charge in [-0.1, -0.05) is 0 Å². The van der Waals surface area contributed by atoms with Gasteiger partial charge in [0.15, 0.2) is 0 Å². The van der Waals surface area contributed by atoms with Gasteiger partial charge in [-0.05, 0) is 30.0 Å². The zero-order valence-electron chi connectivity index (χ0n) is 7.03. The molecule has 0 aliphatic rings. The minimum absolute atomic E-state index is 0.317. The maximum absolute atomic E-state index is 10.7. The molecule has 0 aliphatic heterocycles. The first-order chi connectivity index (χ1) is 5.74. The van der Waals surface area contributed by atoms with Crippen molar-refractivity contribution in [1.82, 2.24) is 0 Å². The molecule has 0 N–H and O–H groups in total. The number of carbonyl (C=O) groups is 1. The quantitative estimate of drug-likeness (QED) is 0.518. The molecule has 1 aromatic heterocycles. The largest absolute Gasteiger partial charge is 0.466 e. The van der Waals surface area contributed by atoms with Gasteiger partial charge >= 0.3 is 5.97 Å². The molecule has 0 aliphatic carbocycles. The van der Waals surface area contributed by atoms with Crippen LogP contribution in [0.4, 0.5) is 0 Å². The number of rotatable bonds is 2. The molecule has 0 atom stereocenters. The summed E-state index contributed by atoms with van der Waals surface area (Å²) in [5.41, 5.74) is 1.18. The molecule has 0 aromatic carbocycles.